The van der Waals surface area contributed by atoms with Crippen LogP contribution in [0, 0.1) is 11.6 Å². The Labute approximate surface area is 120 Å². The van der Waals surface area contributed by atoms with Crippen LogP contribution in [0.1, 0.15) is 6.42 Å². The summed E-state index contributed by atoms with van der Waals surface area (Å²) in [6.45, 7) is 0.652. The molecule has 0 unspecified atom stereocenters. The van der Waals surface area contributed by atoms with Crippen molar-refractivity contribution in [2.24, 2.45) is 5.14 Å². The largest absolute Gasteiger partial charge is 0.488 e. The van der Waals surface area contributed by atoms with Crippen molar-refractivity contribution in [2.75, 3.05) is 6.61 Å². The summed E-state index contributed by atoms with van der Waals surface area (Å²) in [6.07, 6.45) is 5.49. The molecule has 9 heteroatoms. The van der Waals surface area contributed by atoms with Crippen molar-refractivity contribution >= 4 is 10.0 Å². The Kier molecular flexibility index (Phi) is 4.53. The number of aromatic nitrogens is 2. The lowest BCUT2D eigenvalue weighted by atomic mass is 10.3. The van der Waals surface area contributed by atoms with Gasteiger partial charge in [0.15, 0.2) is 17.4 Å². The first-order chi connectivity index (χ1) is 9.88. The lowest BCUT2D eigenvalue weighted by Crippen LogP contribution is -2.13. The molecule has 0 amide bonds. The zero-order valence-electron chi connectivity index (χ0n) is 10.9. The van der Waals surface area contributed by atoms with Crippen LogP contribution in [-0.4, -0.2) is 24.6 Å². The van der Waals surface area contributed by atoms with Gasteiger partial charge in [-0.25, -0.2) is 27.3 Å². The van der Waals surface area contributed by atoms with Gasteiger partial charge in [-0.1, -0.05) is 0 Å². The number of rotatable bonds is 6. The molecule has 1 aromatic carbocycles. The van der Waals surface area contributed by atoms with E-state index in [0.717, 1.165) is 0 Å². The van der Waals surface area contributed by atoms with E-state index in [1.54, 1.807) is 23.3 Å². The molecule has 0 saturated carbocycles. The quantitative estimate of drug-likeness (QED) is 0.813. The van der Waals surface area contributed by atoms with Crippen molar-refractivity contribution < 1.29 is 21.9 Å². The molecule has 0 aliphatic heterocycles. The van der Waals surface area contributed by atoms with Crippen LogP contribution in [0.4, 0.5) is 8.78 Å². The highest BCUT2D eigenvalue weighted by Gasteiger charge is 2.17. The number of benzene rings is 1. The predicted octanol–water partition coefficient (Wildman–Crippen LogP) is 1.28. The third kappa shape index (κ3) is 3.99. The molecule has 0 radical (unpaired) electrons. The number of imidazole rings is 1. The van der Waals surface area contributed by atoms with E-state index in [-0.39, 0.29) is 6.61 Å². The maximum Gasteiger partial charge on any atom is 0.238 e. The molecule has 6 nitrogen and oxygen atoms in total. The number of hydrogen-bond donors (Lipinski definition) is 1. The van der Waals surface area contributed by atoms with Crippen molar-refractivity contribution in [3.8, 4) is 5.75 Å². The fraction of sp³-hybridized carbons (Fsp3) is 0.250. The number of hydrogen-bond acceptors (Lipinski definition) is 4. The minimum absolute atomic E-state index is 0.0702. The van der Waals surface area contributed by atoms with Crippen LogP contribution in [0.2, 0.25) is 0 Å². The number of ether oxygens (including phenoxy) is 1. The molecule has 0 aliphatic rings. The molecule has 0 saturated heterocycles. The summed E-state index contributed by atoms with van der Waals surface area (Å²) < 4.78 is 56.2. The van der Waals surface area contributed by atoms with E-state index in [0.29, 0.717) is 25.1 Å². The summed E-state index contributed by atoms with van der Waals surface area (Å²) in [5.41, 5.74) is 0. The van der Waals surface area contributed by atoms with Crippen molar-refractivity contribution in [1.82, 2.24) is 9.55 Å². The first kappa shape index (κ1) is 15.4. The Balaban J connectivity index is 2.00. The summed E-state index contributed by atoms with van der Waals surface area (Å²) in [7, 11) is -4.17. The van der Waals surface area contributed by atoms with Gasteiger partial charge in [0.2, 0.25) is 10.0 Å². The Hall–Kier alpha value is -2.00. The smallest absolute Gasteiger partial charge is 0.238 e. The first-order valence-electron chi connectivity index (χ1n) is 5.98. The molecule has 21 heavy (non-hydrogen) atoms. The minimum Gasteiger partial charge on any atom is -0.488 e. The topological polar surface area (TPSA) is 87.2 Å². The highest BCUT2D eigenvalue weighted by molar-refractivity contribution is 7.89. The van der Waals surface area contributed by atoms with Gasteiger partial charge in [-0.05, 0) is 18.6 Å². The first-order valence-corrected chi connectivity index (χ1v) is 7.53. The molecule has 0 atom stereocenters. The summed E-state index contributed by atoms with van der Waals surface area (Å²) >= 11 is 0. The number of halogens is 2. The number of primary sulfonamides is 1. The molecular weight excluding hydrogens is 304 g/mol. The van der Waals surface area contributed by atoms with Crippen LogP contribution in [0.15, 0.2) is 35.7 Å². The van der Waals surface area contributed by atoms with Crippen molar-refractivity contribution in [3.05, 3.63) is 42.5 Å². The molecule has 2 aromatic rings. The average molecular weight is 317 g/mol. The SMILES string of the molecule is NS(=O)(=O)c1cc(F)c(OCCCn2ccnc2)c(F)c1. The highest BCUT2D eigenvalue weighted by Crippen LogP contribution is 2.25. The van der Waals surface area contributed by atoms with Crippen LogP contribution in [0.25, 0.3) is 0 Å². The lowest BCUT2D eigenvalue weighted by Gasteiger charge is -2.09. The van der Waals surface area contributed by atoms with Gasteiger partial charge in [-0.3, -0.25) is 0 Å². The Morgan fingerprint density at radius 2 is 1.95 bits per heavy atom. The van der Waals surface area contributed by atoms with Gasteiger partial charge >= 0.3 is 0 Å². The molecule has 1 heterocycles. The minimum atomic E-state index is -4.17. The van der Waals surface area contributed by atoms with Gasteiger partial charge in [0.25, 0.3) is 0 Å². The monoisotopic (exact) mass is 317 g/mol. The molecule has 114 valence electrons. The second-order valence-electron chi connectivity index (χ2n) is 4.26. The van der Waals surface area contributed by atoms with E-state index in [2.05, 4.69) is 4.98 Å². The fourth-order valence-corrected chi connectivity index (χ4v) is 2.21. The molecule has 0 bridgehead atoms. The second-order valence-corrected chi connectivity index (χ2v) is 5.83. The van der Waals surface area contributed by atoms with Gasteiger partial charge < -0.3 is 9.30 Å². The zero-order chi connectivity index (χ0) is 15.5. The maximum atomic E-state index is 13.6. The van der Waals surface area contributed by atoms with Gasteiger partial charge in [0.1, 0.15) is 0 Å². The summed E-state index contributed by atoms with van der Waals surface area (Å²) in [6, 6.07) is 1.26. The molecule has 0 spiro atoms. The average Bonchev–Trinajstić information content (AvgIpc) is 2.88. The molecule has 1 aromatic heterocycles. The Morgan fingerprint density at radius 1 is 1.29 bits per heavy atom. The van der Waals surface area contributed by atoms with E-state index in [9.17, 15) is 17.2 Å². The molecular formula is C12H13F2N3O3S. The van der Waals surface area contributed by atoms with E-state index in [4.69, 9.17) is 9.88 Å². The molecule has 0 fully saturated rings. The van der Waals surface area contributed by atoms with Crippen LogP contribution < -0.4 is 9.88 Å². The third-order valence-corrected chi connectivity index (χ3v) is 3.56. The van der Waals surface area contributed by atoms with Crippen molar-refractivity contribution in [2.45, 2.75) is 17.9 Å². The summed E-state index contributed by atoms with van der Waals surface area (Å²) in [5, 5.41) is 4.81. The standard InChI is InChI=1S/C12H13F2N3O3S/c13-10-6-9(21(15,18)19)7-11(14)12(10)20-5-1-3-17-4-2-16-8-17/h2,4,6-8H,1,3,5H2,(H2,15,18,19). The predicted molar refractivity (Wildman–Crippen MR) is 70.1 cm³/mol. The van der Waals surface area contributed by atoms with Crippen LogP contribution >= 0.6 is 0 Å². The van der Waals surface area contributed by atoms with Gasteiger partial charge in [-0.15, -0.1) is 0 Å². The van der Waals surface area contributed by atoms with Crippen LogP contribution in [0.3, 0.4) is 0 Å². The number of sulfonamides is 1. The van der Waals surface area contributed by atoms with Crippen LogP contribution in [0.5, 0.6) is 5.75 Å². The summed E-state index contributed by atoms with van der Waals surface area (Å²) in [4.78, 5) is 3.22. The van der Waals surface area contributed by atoms with E-state index < -0.39 is 32.3 Å². The molecule has 2 N–H and O–H groups in total. The van der Waals surface area contributed by atoms with E-state index in [1.165, 1.54) is 0 Å². The third-order valence-electron chi connectivity index (χ3n) is 2.67. The van der Waals surface area contributed by atoms with E-state index in [1.807, 2.05) is 0 Å². The van der Waals surface area contributed by atoms with E-state index >= 15 is 0 Å². The Bertz CT molecular complexity index is 694. The van der Waals surface area contributed by atoms with Crippen molar-refractivity contribution in [1.29, 1.82) is 0 Å². The number of aryl methyl sites for hydroxylation is 1. The van der Waals surface area contributed by atoms with Gasteiger partial charge in [0.05, 0.1) is 17.8 Å². The highest BCUT2D eigenvalue weighted by atomic mass is 32.2. The zero-order valence-corrected chi connectivity index (χ0v) is 11.7. The lowest BCUT2D eigenvalue weighted by molar-refractivity contribution is 0.272. The summed E-state index contributed by atoms with van der Waals surface area (Å²) in [5.74, 6) is -2.84. The fourth-order valence-electron chi connectivity index (χ4n) is 1.68. The second kappa shape index (κ2) is 6.19. The molecule has 2 rings (SSSR count). The number of nitrogens with two attached hydrogens (primary N) is 1. The molecule has 0 aliphatic carbocycles. The Morgan fingerprint density at radius 3 is 2.48 bits per heavy atom. The number of nitrogens with zero attached hydrogens (tertiary/aromatic N) is 2. The maximum absolute atomic E-state index is 13.6. The van der Waals surface area contributed by atoms with Gasteiger partial charge in [-0.2, -0.15) is 0 Å². The normalized spacial score (nSPS) is 11.6. The van der Waals surface area contributed by atoms with Crippen LogP contribution in [-0.2, 0) is 16.6 Å². The van der Waals surface area contributed by atoms with Gasteiger partial charge in [0, 0.05) is 18.9 Å². The van der Waals surface area contributed by atoms with Crippen molar-refractivity contribution in [3.63, 3.8) is 0 Å².